The summed E-state index contributed by atoms with van der Waals surface area (Å²) in [5, 5.41) is 0.509. The number of rotatable bonds is 8. The molecule has 5 aromatic rings. The van der Waals surface area contributed by atoms with Gasteiger partial charge in [0.15, 0.2) is 5.58 Å². The van der Waals surface area contributed by atoms with Crippen LogP contribution in [0.5, 0.6) is 0 Å². The molecule has 8 heteroatoms. The molecule has 0 radical (unpaired) electrons. The van der Waals surface area contributed by atoms with E-state index in [0.717, 1.165) is 5.56 Å². The van der Waals surface area contributed by atoms with Crippen LogP contribution < -0.4 is 11.3 Å². The highest BCUT2D eigenvalue weighted by Crippen LogP contribution is 2.15. The maximum atomic E-state index is 13.3. The molecule has 176 valence electrons. The minimum Gasteiger partial charge on any atom is -0.408 e. The largest absolute Gasteiger partial charge is 0.419 e. The molecule has 0 aliphatic rings. The quantitative estimate of drug-likeness (QED) is 0.373. The summed E-state index contributed by atoms with van der Waals surface area (Å²) in [5.41, 5.74) is 2.57. The molecule has 0 spiro atoms. The summed E-state index contributed by atoms with van der Waals surface area (Å²) >= 11 is 0. The molecule has 1 amide bonds. The second-order valence-electron chi connectivity index (χ2n) is 8.36. The lowest BCUT2D eigenvalue weighted by molar-refractivity contribution is -0.132. The van der Waals surface area contributed by atoms with Gasteiger partial charge in [0.1, 0.15) is 5.82 Å². The lowest BCUT2D eigenvalue weighted by atomic mass is 10.2. The third kappa shape index (κ3) is 4.91. The zero-order valence-electron chi connectivity index (χ0n) is 19.0. The number of oxazole rings is 1. The molecule has 2 heterocycles. The topological polar surface area (TPSA) is 101 Å². The summed E-state index contributed by atoms with van der Waals surface area (Å²) in [6.07, 6.45) is 0.700. The minimum absolute atomic E-state index is 0.0921. The Morgan fingerprint density at radius 2 is 1.66 bits per heavy atom. The van der Waals surface area contributed by atoms with Crippen LogP contribution in [0.4, 0.5) is 0 Å². The predicted octanol–water partition coefficient (Wildman–Crippen LogP) is 3.84. The first-order valence-electron chi connectivity index (χ1n) is 11.5. The SMILES string of the molecule is O=C(CCCn1c(=O)oc2ccccc21)N(Cc1ccccc1)Cc1nc2ccccc2c(=O)[nH]1. The Labute approximate surface area is 200 Å². The molecule has 0 unspecified atom stereocenters. The number of H-pyrrole nitrogens is 1. The standard InChI is InChI=1S/C27H24N4O4/c32-25(15-8-16-31-22-13-6-7-14-23(22)35-27(31)34)30(17-19-9-2-1-3-10-19)18-24-28-21-12-5-4-11-20(21)26(33)29-24/h1-7,9-14H,8,15-18H2,(H,28,29,33). The van der Waals surface area contributed by atoms with E-state index in [1.165, 1.54) is 0 Å². The zero-order chi connectivity index (χ0) is 24.2. The van der Waals surface area contributed by atoms with Crippen molar-refractivity contribution in [1.82, 2.24) is 19.4 Å². The highest BCUT2D eigenvalue weighted by atomic mass is 16.4. The molecule has 0 saturated heterocycles. The number of benzene rings is 3. The Balaban J connectivity index is 1.34. The van der Waals surface area contributed by atoms with Gasteiger partial charge in [-0.05, 0) is 36.2 Å². The maximum absolute atomic E-state index is 13.3. The third-order valence-corrected chi connectivity index (χ3v) is 5.92. The maximum Gasteiger partial charge on any atom is 0.419 e. The highest BCUT2D eigenvalue weighted by Gasteiger charge is 2.17. The van der Waals surface area contributed by atoms with E-state index in [1.54, 1.807) is 33.7 Å². The van der Waals surface area contributed by atoms with Crippen LogP contribution in [0.25, 0.3) is 22.0 Å². The first-order valence-corrected chi connectivity index (χ1v) is 11.5. The van der Waals surface area contributed by atoms with E-state index in [-0.39, 0.29) is 24.4 Å². The van der Waals surface area contributed by atoms with E-state index in [1.807, 2.05) is 54.6 Å². The van der Waals surface area contributed by atoms with Crippen LogP contribution in [-0.4, -0.2) is 25.3 Å². The number of amides is 1. The molecule has 2 aromatic heterocycles. The molecule has 3 aromatic carbocycles. The molecule has 0 bridgehead atoms. The Kier molecular flexibility index (Phi) is 6.26. The molecule has 8 nitrogen and oxygen atoms in total. The summed E-state index contributed by atoms with van der Waals surface area (Å²) in [6.45, 7) is 0.916. The summed E-state index contributed by atoms with van der Waals surface area (Å²) < 4.78 is 6.83. The van der Waals surface area contributed by atoms with Crippen LogP contribution in [0.15, 0.2) is 92.9 Å². The second kappa shape index (κ2) is 9.80. The lowest BCUT2D eigenvalue weighted by Crippen LogP contribution is -2.32. The minimum atomic E-state index is -0.433. The van der Waals surface area contributed by atoms with Gasteiger partial charge in [-0.25, -0.2) is 9.78 Å². The Bertz CT molecular complexity index is 1600. The fraction of sp³-hybridized carbons (Fsp3) is 0.185. The van der Waals surface area contributed by atoms with Crippen molar-refractivity contribution in [3.8, 4) is 0 Å². The van der Waals surface area contributed by atoms with Crippen molar-refractivity contribution in [3.63, 3.8) is 0 Å². The number of hydrogen-bond acceptors (Lipinski definition) is 5. The molecule has 1 N–H and O–H groups in total. The predicted molar refractivity (Wildman–Crippen MR) is 133 cm³/mol. The third-order valence-electron chi connectivity index (χ3n) is 5.92. The van der Waals surface area contributed by atoms with Crippen molar-refractivity contribution in [1.29, 1.82) is 0 Å². The number of nitrogens with one attached hydrogen (secondary N) is 1. The van der Waals surface area contributed by atoms with Gasteiger partial charge < -0.3 is 14.3 Å². The molecule has 5 rings (SSSR count). The zero-order valence-corrected chi connectivity index (χ0v) is 19.0. The number of carbonyl (C=O) groups excluding carboxylic acids is 1. The number of para-hydroxylation sites is 3. The van der Waals surface area contributed by atoms with Crippen molar-refractivity contribution in [2.75, 3.05) is 0 Å². The molecule has 0 atom stereocenters. The van der Waals surface area contributed by atoms with E-state index in [4.69, 9.17) is 4.42 Å². The monoisotopic (exact) mass is 468 g/mol. The van der Waals surface area contributed by atoms with E-state index >= 15 is 0 Å². The fourth-order valence-electron chi connectivity index (χ4n) is 4.20. The lowest BCUT2D eigenvalue weighted by Gasteiger charge is -2.22. The summed E-state index contributed by atoms with van der Waals surface area (Å²) in [6, 6.07) is 24.0. The number of nitrogens with zero attached hydrogens (tertiary/aromatic N) is 3. The molecular weight excluding hydrogens is 444 g/mol. The molecule has 35 heavy (non-hydrogen) atoms. The Morgan fingerprint density at radius 1 is 0.914 bits per heavy atom. The van der Waals surface area contributed by atoms with Gasteiger partial charge in [0.05, 0.1) is 23.0 Å². The molecular formula is C27H24N4O4. The van der Waals surface area contributed by atoms with Gasteiger partial charge in [0.25, 0.3) is 5.56 Å². The van der Waals surface area contributed by atoms with E-state index in [9.17, 15) is 14.4 Å². The number of aryl methyl sites for hydroxylation is 1. The van der Waals surface area contributed by atoms with Crippen molar-refractivity contribution in [2.24, 2.45) is 0 Å². The normalized spacial score (nSPS) is 11.2. The van der Waals surface area contributed by atoms with Gasteiger partial charge in [0.2, 0.25) is 5.91 Å². The van der Waals surface area contributed by atoms with Gasteiger partial charge in [-0.3, -0.25) is 14.2 Å². The van der Waals surface area contributed by atoms with Gasteiger partial charge in [0, 0.05) is 19.5 Å². The van der Waals surface area contributed by atoms with Crippen molar-refractivity contribution in [2.45, 2.75) is 32.5 Å². The van der Waals surface area contributed by atoms with Crippen molar-refractivity contribution in [3.05, 3.63) is 111 Å². The van der Waals surface area contributed by atoms with E-state index in [2.05, 4.69) is 9.97 Å². The first-order chi connectivity index (χ1) is 17.1. The number of carbonyl (C=O) groups is 1. The molecule has 0 saturated carbocycles. The van der Waals surface area contributed by atoms with E-state index < -0.39 is 5.76 Å². The van der Waals surface area contributed by atoms with Crippen LogP contribution in [-0.2, 0) is 24.4 Å². The van der Waals surface area contributed by atoms with Crippen molar-refractivity contribution < 1.29 is 9.21 Å². The van der Waals surface area contributed by atoms with Gasteiger partial charge >= 0.3 is 5.76 Å². The number of hydrogen-bond donors (Lipinski definition) is 1. The van der Waals surface area contributed by atoms with Gasteiger partial charge in [-0.15, -0.1) is 0 Å². The first kappa shape index (κ1) is 22.3. The Morgan fingerprint density at radius 3 is 2.51 bits per heavy atom. The van der Waals surface area contributed by atoms with Crippen LogP contribution in [0.3, 0.4) is 0 Å². The summed E-state index contributed by atoms with van der Waals surface area (Å²) in [5.74, 6) is -0.0988. The van der Waals surface area contributed by atoms with Crippen LogP contribution >= 0.6 is 0 Å². The molecule has 0 aliphatic heterocycles. The summed E-state index contributed by atoms with van der Waals surface area (Å²) in [7, 11) is 0. The smallest absolute Gasteiger partial charge is 0.408 e. The number of fused-ring (bicyclic) bond motifs is 2. The average molecular weight is 469 g/mol. The average Bonchev–Trinajstić information content (AvgIpc) is 3.19. The van der Waals surface area contributed by atoms with Crippen molar-refractivity contribution >= 4 is 27.9 Å². The number of aromatic amines is 1. The van der Waals surface area contributed by atoms with E-state index in [0.29, 0.717) is 47.3 Å². The van der Waals surface area contributed by atoms with Gasteiger partial charge in [-0.2, -0.15) is 0 Å². The van der Waals surface area contributed by atoms with Crippen LogP contribution in [0.2, 0.25) is 0 Å². The molecule has 0 aliphatic carbocycles. The molecule has 0 fully saturated rings. The number of aromatic nitrogens is 3. The summed E-state index contributed by atoms with van der Waals surface area (Å²) in [4.78, 5) is 47.1. The van der Waals surface area contributed by atoms with Gasteiger partial charge in [-0.1, -0.05) is 54.6 Å². The Hall–Kier alpha value is -4.46. The van der Waals surface area contributed by atoms with Crippen LogP contribution in [0, 0.1) is 0 Å². The van der Waals surface area contributed by atoms with Crippen LogP contribution in [0.1, 0.15) is 24.2 Å². The second-order valence-corrected chi connectivity index (χ2v) is 8.36. The fourth-order valence-corrected chi connectivity index (χ4v) is 4.20. The highest BCUT2D eigenvalue weighted by molar-refractivity contribution is 5.78.